The van der Waals surface area contributed by atoms with Crippen molar-refractivity contribution < 1.29 is 4.79 Å². The van der Waals surface area contributed by atoms with Crippen LogP contribution in [0.25, 0.3) is 0 Å². The standard InChI is InChI=1S/C13H17Br2NO/c1-3-7-16(8-4-2)13(17)11-9-10(14)5-6-12(11)15/h5-6,9H,3-4,7-8H2,1-2H3. The molecule has 0 saturated carbocycles. The van der Waals surface area contributed by atoms with Crippen molar-refractivity contribution in [1.82, 2.24) is 4.90 Å². The van der Waals surface area contributed by atoms with Gasteiger partial charge in [-0.2, -0.15) is 0 Å². The summed E-state index contributed by atoms with van der Waals surface area (Å²) in [5.74, 6) is 0.0990. The summed E-state index contributed by atoms with van der Waals surface area (Å²) in [6, 6.07) is 5.68. The van der Waals surface area contributed by atoms with Gasteiger partial charge in [-0.3, -0.25) is 4.79 Å². The molecule has 0 heterocycles. The Bertz CT molecular complexity index is 387. The van der Waals surface area contributed by atoms with Gasteiger partial charge in [-0.1, -0.05) is 29.8 Å². The molecule has 0 fully saturated rings. The van der Waals surface area contributed by atoms with Gasteiger partial charge in [0, 0.05) is 22.0 Å². The van der Waals surface area contributed by atoms with Crippen molar-refractivity contribution >= 4 is 37.8 Å². The SMILES string of the molecule is CCCN(CCC)C(=O)c1cc(Br)ccc1Br. The van der Waals surface area contributed by atoms with Crippen LogP contribution in [0.15, 0.2) is 27.1 Å². The van der Waals surface area contributed by atoms with Gasteiger partial charge in [0.25, 0.3) is 5.91 Å². The highest BCUT2D eigenvalue weighted by atomic mass is 79.9. The van der Waals surface area contributed by atoms with E-state index in [1.165, 1.54) is 0 Å². The lowest BCUT2D eigenvalue weighted by Crippen LogP contribution is -2.32. The molecule has 2 nitrogen and oxygen atoms in total. The van der Waals surface area contributed by atoms with E-state index in [1.54, 1.807) is 0 Å². The zero-order valence-corrected chi connectivity index (χ0v) is 13.3. The fourth-order valence-corrected chi connectivity index (χ4v) is 2.46. The van der Waals surface area contributed by atoms with Crippen molar-refractivity contribution in [2.45, 2.75) is 26.7 Å². The van der Waals surface area contributed by atoms with Crippen molar-refractivity contribution in [3.05, 3.63) is 32.7 Å². The molecule has 0 aliphatic rings. The number of carbonyl (C=O) groups excluding carboxylic acids is 1. The Morgan fingerprint density at radius 3 is 2.29 bits per heavy atom. The third-order valence-corrected chi connectivity index (χ3v) is 3.62. The number of amides is 1. The summed E-state index contributed by atoms with van der Waals surface area (Å²) in [6.07, 6.45) is 1.97. The lowest BCUT2D eigenvalue weighted by molar-refractivity contribution is 0.0754. The first-order valence-electron chi connectivity index (χ1n) is 5.84. The van der Waals surface area contributed by atoms with Gasteiger partial charge in [0.05, 0.1) is 5.56 Å². The van der Waals surface area contributed by atoms with E-state index < -0.39 is 0 Å². The minimum absolute atomic E-state index is 0.0990. The van der Waals surface area contributed by atoms with Gasteiger partial charge >= 0.3 is 0 Å². The van der Waals surface area contributed by atoms with Crippen molar-refractivity contribution in [1.29, 1.82) is 0 Å². The Kier molecular flexibility index (Phi) is 6.20. The van der Waals surface area contributed by atoms with Crippen molar-refractivity contribution in [3.8, 4) is 0 Å². The number of carbonyl (C=O) groups is 1. The van der Waals surface area contributed by atoms with E-state index >= 15 is 0 Å². The Hall–Kier alpha value is -0.350. The second-order valence-electron chi connectivity index (χ2n) is 3.92. The van der Waals surface area contributed by atoms with E-state index in [4.69, 9.17) is 0 Å². The molecule has 1 amide bonds. The lowest BCUT2D eigenvalue weighted by atomic mass is 10.2. The van der Waals surface area contributed by atoms with Gasteiger partial charge in [0.1, 0.15) is 0 Å². The van der Waals surface area contributed by atoms with Gasteiger partial charge < -0.3 is 4.90 Å². The molecule has 0 radical (unpaired) electrons. The average Bonchev–Trinajstić information content (AvgIpc) is 2.31. The normalized spacial score (nSPS) is 10.4. The van der Waals surface area contributed by atoms with Crippen LogP contribution < -0.4 is 0 Å². The average molecular weight is 363 g/mol. The molecule has 0 saturated heterocycles. The molecule has 1 aromatic rings. The molecule has 4 heteroatoms. The molecule has 0 aromatic heterocycles. The van der Waals surface area contributed by atoms with Crippen LogP contribution in [-0.4, -0.2) is 23.9 Å². The molecule has 0 spiro atoms. The van der Waals surface area contributed by atoms with Crippen LogP contribution in [0.5, 0.6) is 0 Å². The first-order valence-corrected chi connectivity index (χ1v) is 7.43. The number of hydrogen-bond acceptors (Lipinski definition) is 1. The van der Waals surface area contributed by atoms with Crippen molar-refractivity contribution in [2.75, 3.05) is 13.1 Å². The first kappa shape index (κ1) is 14.7. The molecule has 17 heavy (non-hydrogen) atoms. The highest BCUT2D eigenvalue weighted by Gasteiger charge is 2.17. The summed E-state index contributed by atoms with van der Waals surface area (Å²) in [6.45, 7) is 5.80. The predicted molar refractivity (Wildman–Crippen MR) is 78.3 cm³/mol. The monoisotopic (exact) mass is 361 g/mol. The van der Waals surface area contributed by atoms with Crippen LogP contribution in [0.1, 0.15) is 37.0 Å². The molecular formula is C13H17Br2NO. The smallest absolute Gasteiger partial charge is 0.255 e. The van der Waals surface area contributed by atoms with E-state index in [0.717, 1.165) is 40.4 Å². The highest BCUT2D eigenvalue weighted by molar-refractivity contribution is 9.11. The van der Waals surface area contributed by atoms with Crippen LogP contribution in [0, 0.1) is 0 Å². The maximum atomic E-state index is 12.4. The molecule has 0 aliphatic heterocycles. The number of nitrogens with zero attached hydrogens (tertiary/aromatic N) is 1. The van der Waals surface area contributed by atoms with Crippen LogP contribution in [-0.2, 0) is 0 Å². The molecular weight excluding hydrogens is 346 g/mol. The largest absolute Gasteiger partial charge is 0.339 e. The number of hydrogen-bond donors (Lipinski definition) is 0. The number of halogens is 2. The third kappa shape index (κ3) is 4.11. The molecule has 0 bridgehead atoms. The van der Waals surface area contributed by atoms with Crippen LogP contribution in [0.4, 0.5) is 0 Å². The fraction of sp³-hybridized carbons (Fsp3) is 0.462. The number of benzene rings is 1. The second-order valence-corrected chi connectivity index (χ2v) is 5.69. The van der Waals surface area contributed by atoms with Gasteiger partial charge in [0.2, 0.25) is 0 Å². The molecule has 1 aromatic carbocycles. The maximum Gasteiger partial charge on any atom is 0.255 e. The van der Waals surface area contributed by atoms with Crippen molar-refractivity contribution in [3.63, 3.8) is 0 Å². The molecule has 0 aliphatic carbocycles. The summed E-state index contributed by atoms with van der Waals surface area (Å²) in [5, 5.41) is 0. The highest BCUT2D eigenvalue weighted by Crippen LogP contribution is 2.23. The van der Waals surface area contributed by atoms with E-state index in [9.17, 15) is 4.79 Å². The van der Waals surface area contributed by atoms with Gasteiger partial charge in [-0.05, 0) is 47.0 Å². The summed E-state index contributed by atoms with van der Waals surface area (Å²) in [7, 11) is 0. The fourth-order valence-electron chi connectivity index (χ4n) is 1.69. The second kappa shape index (κ2) is 7.17. The van der Waals surface area contributed by atoms with Crippen LogP contribution >= 0.6 is 31.9 Å². The molecule has 0 unspecified atom stereocenters. The van der Waals surface area contributed by atoms with E-state index in [2.05, 4.69) is 45.7 Å². The van der Waals surface area contributed by atoms with Crippen LogP contribution in [0.3, 0.4) is 0 Å². The Balaban J connectivity index is 2.95. The molecule has 1 rings (SSSR count). The maximum absolute atomic E-state index is 12.4. The zero-order valence-electron chi connectivity index (χ0n) is 10.2. The number of rotatable bonds is 5. The Labute approximate surface area is 120 Å². The first-order chi connectivity index (χ1) is 8.10. The third-order valence-electron chi connectivity index (χ3n) is 2.43. The predicted octanol–water partition coefficient (Wildman–Crippen LogP) is 4.47. The topological polar surface area (TPSA) is 20.3 Å². The minimum Gasteiger partial charge on any atom is -0.339 e. The Morgan fingerprint density at radius 1 is 1.18 bits per heavy atom. The lowest BCUT2D eigenvalue weighted by Gasteiger charge is -2.22. The Morgan fingerprint density at radius 2 is 1.76 bits per heavy atom. The summed E-state index contributed by atoms with van der Waals surface area (Å²) in [5.41, 5.74) is 0.723. The summed E-state index contributed by atoms with van der Waals surface area (Å²) < 4.78 is 1.78. The molecule has 94 valence electrons. The van der Waals surface area contributed by atoms with Crippen molar-refractivity contribution in [2.24, 2.45) is 0 Å². The van der Waals surface area contributed by atoms with E-state index in [1.807, 2.05) is 23.1 Å². The van der Waals surface area contributed by atoms with Gasteiger partial charge in [-0.25, -0.2) is 0 Å². The molecule has 0 atom stereocenters. The summed E-state index contributed by atoms with van der Waals surface area (Å²) in [4.78, 5) is 14.3. The molecule has 0 N–H and O–H groups in total. The quantitative estimate of drug-likeness (QED) is 0.756. The minimum atomic E-state index is 0.0990. The zero-order chi connectivity index (χ0) is 12.8. The van der Waals surface area contributed by atoms with Gasteiger partial charge in [0.15, 0.2) is 0 Å². The van der Waals surface area contributed by atoms with Crippen LogP contribution in [0.2, 0.25) is 0 Å². The van der Waals surface area contributed by atoms with E-state index in [-0.39, 0.29) is 5.91 Å². The van der Waals surface area contributed by atoms with Gasteiger partial charge in [-0.15, -0.1) is 0 Å². The summed E-state index contributed by atoms with van der Waals surface area (Å²) >= 11 is 6.83. The van der Waals surface area contributed by atoms with E-state index in [0.29, 0.717) is 0 Å².